The smallest absolute Gasteiger partial charge is 0.250 e. The lowest BCUT2D eigenvalue weighted by Gasteiger charge is -2.12. The molecule has 0 aliphatic carbocycles. The summed E-state index contributed by atoms with van der Waals surface area (Å²) < 4.78 is 1.99. The van der Waals surface area contributed by atoms with E-state index in [1.807, 2.05) is 60.0 Å². The van der Waals surface area contributed by atoms with Gasteiger partial charge in [-0.25, -0.2) is 0 Å². The molecular weight excluding hydrogens is 331 g/mol. The number of rotatable bonds is 3. The van der Waals surface area contributed by atoms with Crippen LogP contribution in [0.2, 0.25) is 10.0 Å². The molecule has 3 rings (SSSR count). The van der Waals surface area contributed by atoms with Crippen LogP contribution in [0, 0.1) is 6.92 Å². The monoisotopic (exact) mass is 344 g/mol. The molecule has 0 aliphatic rings. The molecule has 0 saturated heterocycles. The van der Waals surface area contributed by atoms with Crippen molar-refractivity contribution >= 4 is 29.1 Å². The number of carbonyl (C=O) groups excluding carboxylic acids is 1. The molecule has 0 spiro atoms. The molecule has 0 unspecified atom stereocenters. The van der Waals surface area contributed by atoms with E-state index in [1.54, 1.807) is 6.07 Å². The van der Waals surface area contributed by atoms with E-state index >= 15 is 0 Å². The van der Waals surface area contributed by atoms with Crippen molar-refractivity contribution in [2.45, 2.75) is 6.92 Å². The normalized spacial score (nSPS) is 10.7. The van der Waals surface area contributed by atoms with Crippen LogP contribution in [0.1, 0.15) is 16.1 Å². The summed E-state index contributed by atoms with van der Waals surface area (Å²) in [5.74, 6) is -0.453. The molecule has 0 radical (unpaired) electrons. The first-order valence-electron chi connectivity index (χ1n) is 7.01. The van der Waals surface area contributed by atoms with E-state index in [9.17, 15) is 4.79 Å². The van der Waals surface area contributed by atoms with Gasteiger partial charge in [0.15, 0.2) is 0 Å². The number of hydrogen-bond donors (Lipinski definition) is 1. The Bertz CT molecular complexity index is 865. The maximum atomic E-state index is 11.7. The number of carbonyl (C=O) groups is 1. The molecule has 0 saturated carbocycles. The molecule has 3 aromatic rings. The summed E-state index contributed by atoms with van der Waals surface area (Å²) in [6.07, 6.45) is 0. The predicted octanol–water partition coefficient (Wildman–Crippen LogP) is 4.86. The van der Waals surface area contributed by atoms with Gasteiger partial charge in [0, 0.05) is 21.4 Å². The second kappa shape index (κ2) is 6.11. The van der Waals surface area contributed by atoms with Gasteiger partial charge in [0.1, 0.15) is 0 Å². The highest BCUT2D eigenvalue weighted by atomic mass is 35.5. The number of primary amides is 1. The Kier molecular flexibility index (Phi) is 4.16. The molecule has 2 aromatic carbocycles. The third-order valence-electron chi connectivity index (χ3n) is 3.74. The van der Waals surface area contributed by atoms with Crippen LogP contribution >= 0.6 is 23.2 Å². The average molecular weight is 345 g/mol. The van der Waals surface area contributed by atoms with Gasteiger partial charge < -0.3 is 10.3 Å². The molecule has 1 aromatic heterocycles. The highest BCUT2D eigenvalue weighted by molar-refractivity contribution is 6.30. The van der Waals surface area contributed by atoms with Gasteiger partial charge in [-0.1, -0.05) is 35.3 Å². The van der Waals surface area contributed by atoms with E-state index in [4.69, 9.17) is 28.9 Å². The summed E-state index contributed by atoms with van der Waals surface area (Å²) in [4.78, 5) is 11.7. The Balaban J connectivity index is 2.25. The molecular formula is C18H14Cl2N2O. The van der Waals surface area contributed by atoms with Gasteiger partial charge in [0.05, 0.1) is 11.3 Å². The topological polar surface area (TPSA) is 48.0 Å². The molecule has 23 heavy (non-hydrogen) atoms. The standard InChI is InChI=1S/C18H14Cl2N2O/c1-11-16(18(21)23)10-17(12-2-4-13(19)5-3-12)22(11)15-8-6-14(20)7-9-15/h2-10H,1H3,(H2,21,23). The van der Waals surface area contributed by atoms with Crippen molar-refractivity contribution in [3.05, 3.63) is 75.9 Å². The molecule has 3 nitrogen and oxygen atoms in total. The maximum absolute atomic E-state index is 11.7. The molecule has 1 amide bonds. The fraction of sp³-hybridized carbons (Fsp3) is 0.0556. The quantitative estimate of drug-likeness (QED) is 0.724. The first-order valence-corrected chi connectivity index (χ1v) is 7.77. The minimum Gasteiger partial charge on any atom is -0.366 e. The van der Waals surface area contributed by atoms with Crippen LogP contribution in [0.5, 0.6) is 0 Å². The van der Waals surface area contributed by atoms with Gasteiger partial charge in [0.25, 0.3) is 5.91 Å². The minimum atomic E-state index is -0.453. The molecule has 0 bridgehead atoms. The van der Waals surface area contributed by atoms with Crippen LogP contribution < -0.4 is 5.73 Å². The van der Waals surface area contributed by atoms with Crippen LogP contribution in [-0.4, -0.2) is 10.5 Å². The van der Waals surface area contributed by atoms with E-state index in [2.05, 4.69) is 0 Å². The maximum Gasteiger partial charge on any atom is 0.250 e. The van der Waals surface area contributed by atoms with Crippen LogP contribution in [0.15, 0.2) is 54.6 Å². The molecule has 0 aliphatic heterocycles. The fourth-order valence-corrected chi connectivity index (χ4v) is 2.86. The van der Waals surface area contributed by atoms with Crippen molar-refractivity contribution in [3.63, 3.8) is 0 Å². The largest absolute Gasteiger partial charge is 0.366 e. The summed E-state index contributed by atoms with van der Waals surface area (Å²) >= 11 is 11.9. The lowest BCUT2D eigenvalue weighted by atomic mass is 10.1. The predicted molar refractivity (Wildman–Crippen MR) is 94.5 cm³/mol. The van der Waals surface area contributed by atoms with Crippen molar-refractivity contribution in [2.24, 2.45) is 5.73 Å². The molecule has 5 heteroatoms. The number of hydrogen-bond acceptors (Lipinski definition) is 1. The lowest BCUT2D eigenvalue weighted by molar-refractivity contribution is 0.1000. The van der Waals surface area contributed by atoms with Gasteiger partial charge in [-0.15, -0.1) is 0 Å². The van der Waals surface area contributed by atoms with E-state index in [1.165, 1.54) is 0 Å². The number of benzene rings is 2. The van der Waals surface area contributed by atoms with Crippen LogP contribution in [0.4, 0.5) is 0 Å². The summed E-state index contributed by atoms with van der Waals surface area (Å²) in [6, 6.07) is 16.7. The van der Waals surface area contributed by atoms with Crippen LogP contribution in [-0.2, 0) is 0 Å². The minimum absolute atomic E-state index is 0.453. The summed E-state index contributed by atoms with van der Waals surface area (Å²) in [6.45, 7) is 1.87. The van der Waals surface area contributed by atoms with Crippen LogP contribution in [0.25, 0.3) is 16.9 Å². The fourth-order valence-electron chi connectivity index (χ4n) is 2.61. The Morgan fingerprint density at radius 1 is 0.957 bits per heavy atom. The van der Waals surface area contributed by atoms with Crippen molar-refractivity contribution in [1.82, 2.24) is 4.57 Å². The molecule has 0 fully saturated rings. The van der Waals surface area contributed by atoms with Gasteiger partial charge in [-0.2, -0.15) is 0 Å². The first-order chi connectivity index (χ1) is 11.0. The Hall–Kier alpha value is -2.23. The second-order valence-electron chi connectivity index (χ2n) is 5.21. The molecule has 2 N–H and O–H groups in total. The Labute approximate surface area is 144 Å². The summed E-state index contributed by atoms with van der Waals surface area (Å²) in [7, 11) is 0. The number of aromatic nitrogens is 1. The van der Waals surface area contributed by atoms with Crippen molar-refractivity contribution in [1.29, 1.82) is 0 Å². The molecule has 1 heterocycles. The van der Waals surface area contributed by atoms with Crippen molar-refractivity contribution in [3.8, 4) is 16.9 Å². The highest BCUT2D eigenvalue weighted by Crippen LogP contribution is 2.30. The van der Waals surface area contributed by atoms with Crippen LogP contribution in [0.3, 0.4) is 0 Å². The van der Waals surface area contributed by atoms with Crippen molar-refractivity contribution < 1.29 is 4.79 Å². The van der Waals surface area contributed by atoms with E-state index in [0.717, 1.165) is 22.6 Å². The molecule has 116 valence electrons. The van der Waals surface area contributed by atoms with Crippen molar-refractivity contribution in [2.75, 3.05) is 0 Å². The summed E-state index contributed by atoms with van der Waals surface area (Å²) in [5.41, 5.74) is 9.50. The summed E-state index contributed by atoms with van der Waals surface area (Å²) in [5, 5.41) is 1.31. The number of halogens is 2. The van der Waals surface area contributed by atoms with Gasteiger partial charge in [-0.3, -0.25) is 4.79 Å². The van der Waals surface area contributed by atoms with Gasteiger partial charge in [-0.05, 0) is 55.0 Å². The molecule has 0 atom stereocenters. The number of nitrogens with zero attached hydrogens (tertiary/aromatic N) is 1. The third-order valence-corrected chi connectivity index (χ3v) is 4.24. The number of amides is 1. The Morgan fingerprint density at radius 2 is 1.48 bits per heavy atom. The number of nitrogens with two attached hydrogens (primary N) is 1. The lowest BCUT2D eigenvalue weighted by Crippen LogP contribution is -2.12. The SMILES string of the molecule is Cc1c(C(N)=O)cc(-c2ccc(Cl)cc2)n1-c1ccc(Cl)cc1. The zero-order valence-corrected chi connectivity index (χ0v) is 13.9. The highest BCUT2D eigenvalue weighted by Gasteiger charge is 2.17. The zero-order chi connectivity index (χ0) is 16.6. The second-order valence-corrected chi connectivity index (χ2v) is 6.08. The zero-order valence-electron chi connectivity index (χ0n) is 12.4. The first kappa shape index (κ1) is 15.7. The average Bonchev–Trinajstić information content (AvgIpc) is 2.87. The third kappa shape index (κ3) is 2.98. The van der Waals surface area contributed by atoms with E-state index < -0.39 is 5.91 Å². The van der Waals surface area contributed by atoms with E-state index in [0.29, 0.717) is 15.6 Å². The van der Waals surface area contributed by atoms with Gasteiger partial charge >= 0.3 is 0 Å². The Morgan fingerprint density at radius 3 is 2.00 bits per heavy atom. The van der Waals surface area contributed by atoms with Gasteiger partial charge in [0.2, 0.25) is 0 Å². The van der Waals surface area contributed by atoms with E-state index in [-0.39, 0.29) is 0 Å².